The lowest BCUT2D eigenvalue weighted by atomic mass is 9.94. The van der Waals surface area contributed by atoms with Gasteiger partial charge in [-0.15, -0.1) is 0 Å². The highest BCUT2D eigenvalue weighted by atomic mass is 16.5. The van der Waals surface area contributed by atoms with Crippen molar-refractivity contribution < 1.29 is 9.53 Å². The summed E-state index contributed by atoms with van der Waals surface area (Å²) in [6.07, 6.45) is 4.01. The smallest absolute Gasteiger partial charge is 0.224 e. The van der Waals surface area contributed by atoms with Crippen molar-refractivity contribution in [2.24, 2.45) is 5.92 Å². The van der Waals surface area contributed by atoms with Gasteiger partial charge < -0.3 is 15.4 Å². The van der Waals surface area contributed by atoms with E-state index >= 15 is 0 Å². The number of rotatable bonds is 6. The van der Waals surface area contributed by atoms with Crippen LogP contribution in [0.15, 0.2) is 24.3 Å². The zero-order chi connectivity index (χ0) is 14.2. The number of hydrogen-bond donors (Lipinski definition) is 2. The molecule has 0 aromatic heterocycles. The van der Waals surface area contributed by atoms with Gasteiger partial charge >= 0.3 is 0 Å². The molecule has 0 radical (unpaired) electrons. The van der Waals surface area contributed by atoms with E-state index in [0.29, 0.717) is 18.9 Å². The molecule has 1 aromatic rings. The summed E-state index contributed by atoms with van der Waals surface area (Å²) >= 11 is 0. The summed E-state index contributed by atoms with van der Waals surface area (Å²) in [7, 11) is 0. The minimum absolute atomic E-state index is 0.0872. The van der Waals surface area contributed by atoms with Crippen LogP contribution in [-0.4, -0.2) is 25.6 Å². The Morgan fingerprint density at radius 3 is 3.15 bits per heavy atom. The van der Waals surface area contributed by atoms with Crippen LogP contribution in [-0.2, 0) is 4.79 Å². The van der Waals surface area contributed by atoms with Gasteiger partial charge in [-0.2, -0.15) is 0 Å². The number of ether oxygens (including phenoxy) is 1. The summed E-state index contributed by atoms with van der Waals surface area (Å²) in [5.74, 6) is 1.52. The van der Waals surface area contributed by atoms with Gasteiger partial charge in [-0.1, -0.05) is 6.07 Å². The number of anilines is 1. The molecule has 0 saturated carbocycles. The second kappa shape index (κ2) is 7.90. The Kier molecular flexibility index (Phi) is 5.87. The molecule has 110 valence electrons. The van der Waals surface area contributed by atoms with E-state index in [1.807, 2.05) is 31.2 Å². The molecule has 2 N–H and O–H groups in total. The molecule has 0 spiro atoms. The summed E-state index contributed by atoms with van der Waals surface area (Å²) in [5.41, 5.74) is 0.808. The van der Waals surface area contributed by atoms with Gasteiger partial charge in [0, 0.05) is 18.2 Å². The van der Waals surface area contributed by atoms with Crippen molar-refractivity contribution in [1.82, 2.24) is 5.32 Å². The van der Waals surface area contributed by atoms with E-state index in [2.05, 4.69) is 10.6 Å². The molecular formula is C16H24N2O2. The molecule has 1 unspecified atom stereocenters. The van der Waals surface area contributed by atoms with E-state index in [-0.39, 0.29) is 5.91 Å². The molecule has 1 fully saturated rings. The summed E-state index contributed by atoms with van der Waals surface area (Å²) in [5, 5.41) is 6.32. The van der Waals surface area contributed by atoms with Crippen LogP contribution in [0.3, 0.4) is 0 Å². The normalized spacial score (nSPS) is 18.6. The molecule has 1 amide bonds. The number of amides is 1. The Morgan fingerprint density at radius 2 is 2.40 bits per heavy atom. The van der Waals surface area contributed by atoms with Crippen LogP contribution in [0.5, 0.6) is 5.75 Å². The minimum atomic E-state index is 0.0872. The standard InChI is InChI=1S/C16H24N2O2/c1-2-20-15-7-3-6-14(11-15)18-16(19)9-8-13-5-4-10-17-12-13/h3,6-7,11,13,17H,2,4-5,8-10,12H2,1H3,(H,18,19). The molecule has 1 atom stereocenters. The van der Waals surface area contributed by atoms with E-state index in [0.717, 1.165) is 30.9 Å². The van der Waals surface area contributed by atoms with Crippen molar-refractivity contribution in [1.29, 1.82) is 0 Å². The molecule has 1 saturated heterocycles. The first-order chi connectivity index (χ1) is 9.78. The highest BCUT2D eigenvalue weighted by Gasteiger charge is 2.14. The number of hydrogen-bond acceptors (Lipinski definition) is 3. The minimum Gasteiger partial charge on any atom is -0.494 e. The molecule has 0 aliphatic carbocycles. The van der Waals surface area contributed by atoms with E-state index in [9.17, 15) is 4.79 Å². The summed E-state index contributed by atoms with van der Waals surface area (Å²) < 4.78 is 5.42. The Labute approximate surface area is 120 Å². The first-order valence-corrected chi connectivity index (χ1v) is 7.51. The second-order valence-electron chi connectivity index (χ2n) is 5.26. The molecule has 0 bridgehead atoms. The monoisotopic (exact) mass is 276 g/mol. The Balaban J connectivity index is 1.77. The highest BCUT2D eigenvalue weighted by Crippen LogP contribution is 2.19. The molecule has 4 nitrogen and oxygen atoms in total. The highest BCUT2D eigenvalue weighted by molar-refractivity contribution is 5.90. The summed E-state index contributed by atoms with van der Waals surface area (Å²) in [6.45, 7) is 4.75. The lowest BCUT2D eigenvalue weighted by molar-refractivity contribution is -0.116. The number of benzene rings is 1. The van der Waals surface area contributed by atoms with Gasteiger partial charge in [0.1, 0.15) is 5.75 Å². The predicted molar refractivity (Wildman–Crippen MR) is 81.1 cm³/mol. The Hall–Kier alpha value is -1.55. The van der Waals surface area contributed by atoms with Gasteiger partial charge in [0.15, 0.2) is 0 Å². The van der Waals surface area contributed by atoms with E-state index in [1.165, 1.54) is 12.8 Å². The molecule has 20 heavy (non-hydrogen) atoms. The van der Waals surface area contributed by atoms with Crippen LogP contribution in [0.25, 0.3) is 0 Å². The first-order valence-electron chi connectivity index (χ1n) is 7.51. The van der Waals surface area contributed by atoms with Crippen molar-refractivity contribution in [3.05, 3.63) is 24.3 Å². The number of carbonyl (C=O) groups is 1. The Bertz CT molecular complexity index is 428. The molecule has 1 aliphatic rings. The van der Waals surface area contributed by atoms with Gasteiger partial charge in [0.05, 0.1) is 6.61 Å². The molecule has 4 heteroatoms. The quantitative estimate of drug-likeness (QED) is 0.840. The van der Waals surface area contributed by atoms with Crippen molar-refractivity contribution in [3.8, 4) is 5.75 Å². The summed E-state index contributed by atoms with van der Waals surface area (Å²) in [4.78, 5) is 12.0. The summed E-state index contributed by atoms with van der Waals surface area (Å²) in [6, 6.07) is 7.55. The fourth-order valence-electron chi connectivity index (χ4n) is 2.56. The largest absolute Gasteiger partial charge is 0.494 e. The first kappa shape index (κ1) is 14.9. The number of piperidine rings is 1. The molecule has 1 heterocycles. The maximum absolute atomic E-state index is 12.0. The van der Waals surface area contributed by atoms with Crippen LogP contribution in [0.1, 0.15) is 32.6 Å². The second-order valence-corrected chi connectivity index (χ2v) is 5.26. The average Bonchev–Trinajstić information content (AvgIpc) is 2.47. The average molecular weight is 276 g/mol. The lowest BCUT2D eigenvalue weighted by Crippen LogP contribution is -2.30. The van der Waals surface area contributed by atoms with Crippen LogP contribution in [0.2, 0.25) is 0 Å². The topological polar surface area (TPSA) is 50.4 Å². The third-order valence-corrected chi connectivity index (χ3v) is 3.61. The molecule has 2 rings (SSSR count). The maximum Gasteiger partial charge on any atom is 0.224 e. The van der Waals surface area contributed by atoms with Crippen LogP contribution >= 0.6 is 0 Å². The van der Waals surface area contributed by atoms with Crippen LogP contribution in [0.4, 0.5) is 5.69 Å². The van der Waals surface area contributed by atoms with Gasteiger partial charge in [0.25, 0.3) is 0 Å². The third-order valence-electron chi connectivity index (χ3n) is 3.61. The van der Waals surface area contributed by atoms with Crippen molar-refractivity contribution >= 4 is 11.6 Å². The SMILES string of the molecule is CCOc1cccc(NC(=O)CCC2CCCNC2)c1. The molecule has 1 aliphatic heterocycles. The van der Waals surface area contributed by atoms with E-state index < -0.39 is 0 Å². The third kappa shape index (κ3) is 4.85. The maximum atomic E-state index is 12.0. The van der Waals surface area contributed by atoms with Gasteiger partial charge in [0.2, 0.25) is 5.91 Å². The zero-order valence-electron chi connectivity index (χ0n) is 12.2. The van der Waals surface area contributed by atoms with E-state index in [1.54, 1.807) is 0 Å². The Morgan fingerprint density at radius 1 is 1.50 bits per heavy atom. The fraction of sp³-hybridized carbons (Fsp3) is 0.562. The zero-order valence-corrected chi connectivity index (χ0v) is 12.2. The van der Waals surface area contributed by atoms with Gasteiger partial charge in [-0.25, -0.2) is 0 Å². The van der Waals surface area contributed by atoms with Gasteiger partial charge in [-0.3, -0.25) is 4.79 Å². The lowest BCUT2D eigenvalue weighted by Gasteiger charge is -2.22. The molecular weight excluding hydrogens is 252 g/mol. The molecule has 1 aromatic carbocycles. The fourth-order valence-corrected chi connectivity index (χ4v) is 2.56. The predicted octanol–water partition coefficient (Wildman–Crippen LogP) is 2.80. The van der Waals surface area contributed by atoms with Crippen molar-refractivity contribution in [2.75, 3.05) is 25.0 Å². The van der Waals surface area contributed by atoms with E-state index in [4.69, 9.17) is 4.74 Å². The number of nitrogens with one attached hydrogen (secondary N) is 2. The number of carbonyl (C=O) groups excluding carboxylic acids is 1. The van der Waals surface area contributed by atoms with Crippen LogP contribution < -0.4 is 15.4 Å². The van der Waals surface area contributed by atoms with Crippen molar-refractivity contribution in [2.45, 2.75) is 32.6 Å². The van der Waals surface area contributed by atoms with Gasteiger partial charge in [-0.05, 0) is 57.3 Å². The van der Waals surface area contributed by atoms with Crippen molar-refractivity contribution in [3.63, 3.8) is 0 Å². The van der Waals surface area contributed by atoms with Crippen LogP contribution in [0, 0.1) is 5.92 Å².